The Hall–Kier alpha value is -1.69. The minimum atomic E-state index is 0.415. The molecule has 0 aromatic heterocycles. The largest absolute Gasteiger partial charge is 0.495 e. The zero-order chi connectivity index (χ0) is 14.1. The number of anilines is 1. The number of methoxy groups -OCH3 is 1. The number of nitrogens with zero attached hydrogens (tertiary/aromatic N) is 1. The van der Waals surface area contributed by atoms with Crippen LogP contribution in [0.15, 0.2) is 18.2 Å². The standard InChI is InChI=1S/C16H24N2O/c1-4-5-6-7-8-13(2)18-15-10-9-14(12-17)11-16(15)19-3/h9-11,13,18H,4-8H2,1-3H3. The normalized spacial score (nSPS) is 11.7. The van der Waals surface area contributed by atoms with E-state index < -0.39 is 0 Å². The second-order valence-electron chi connectivity index (χ2n) is 4.92. The van der Waals surface area contributed by atoms with Gasteiger partial charge < -0.3 is 10.1 Å². The lowest BCUT2D eigenvalue weighted by Gasteiger charge is -2.17. The molecule has 0 aliphatic heterocycles. The van der Waals surface area contributed by atoms with E-state index in [0.29, 0.717) is 11.6 Å². The average molecular weight is 260 g/mol. The van der Waals surface area contributed by atoms with Crippen molar-refractivity contribution in [3.8, 4) is 11.8 Å². The summed E-state index contributed by atoms with van der Waals surface area (Å²) in [6, 6.07) is 8.04. The molecule has 0 saturated heterocycles. The summed E-state index contributed by atoms with van der Waals surface area (Å²) in [5.74, 6) is 0.736. The summed E-state index contributed by atoms with van der Waals surface area (Å²) in [6.45, 7) is 4.41. The first-order valence-corrected chi connectivity index (χ1v) is 7.06. The monoisotopic (exact) mass is 260 g/mol. The van der Waals surface area contributed by atoms with Crippen LogP contribution in [0.25, 0.3) is 0 Å². The number of unbranched alkanes of at least 4 members (excludes halogenated alkanes) is 3. The number of hydrogen-bond donors (Lipinski definition) is 1. The van der Waals surface area contributed by atoms with Crippen molar-refractivity contribution < 1.29 is 4.74 Å². The zero-order valence-corrected chi connectivity index (χ0v) is 12.2. The number of nitriles is 1. The van der Waals surface area contributed by atoms with Crippen molar-refractivity contribution in [2.45, 2.75) is 52.0 Å². The van der Waals surface area contributed by atoms with Crippen molar-refractivity contribution in [3.05, 3.63) is 23.8 Å². The molecule has 0 saturated carbocycles. The third kappa shape index (κ3) is 5.21. The van der Waals surface area contributed by atoms with Crippen molar-refractivity contribution in [2.24, 2.45) is 0 Å². The molecule has 0 spiro atoms. The molecule has 1 unspecified atom stereocenters. The molecule has 1 N–H and O–H groups in total. The van der Waals surface area contributed by atoms with Gasteiger partial charge in [-0.15, -0.1) is 0 Å². The highest BCUT2D eigenvalue weighted by Crippen LogP contribution is 2.26. The second-order valence-corrected chi connectivity index (χ2v) is 4.92. The van der Waals surface area contributed by atoms with Gasteiger partial charge in [0, 0.05) is 12.1 Å². The summed E-state index contributed by atoms with van der Waals surface area (Å²) in [5.41, 5.74) is 1.59. The molecule has 104 valence electrons. The van der Waals surface area contributed by atoms with Crippen molar-refractivity contribution >= 4 is 5.69 Å². The van der Waals surface area contributed by atoms with E-state index in [1.807, 2.05) is 12.1 Å². The Bertz CT molecular complexity index is 423. The number of rotatable bonds is 8. The van der Waals surface area contributed by atoms with Crippen LogP contribution in [-0.4, -0.2) is 13.2 Å². The molecule has 0 radical (unpaired) electrons. The Balaban J connectivity index is 2.54. The van der Waals surface area contributed by atoms with Gasteiger partial charge in [0.1, 0.15) is 5.75 Å². The summed E-state index contributed by atoms with van der Waals surface area (Å²) < 4.78 is 5.32. The van der Waals surface area contributed by atoms with Crippen LogP contribution in [0.2, 0.25) is 0 Å². The molecular weight excluding hydrogens is 236 g/mol. The molecule has 1 atom stereocenters. The maximum atomic E-state index is 8.87. The predicted molar refractivity (Wildman–Crippen MR) is 79.6 cm³/mol. The Morgan fingerprint density at radius 1 is 1.32 bits per heavy atom. The minimum absolute atomic E-state index is 0.415. The van der Waals surface area contributed by atoms with Crippen LogP contribution >= 0.6 is 0 Å². The van der Waals surface area contributed by atoms with E-state index in [4.69, 9.17) is 10.00 Å². The first-order chi connectivity index (χ1) is 9.21. The van der Waals surface area contributed by atoms with Gasteiger partial charge in [-0.05, 0) is 25.5 Å². The second kappa shape index (κ2) is 8.42. The fourth-order valence-corrected chi connectivity index (χ4v) is 2.09. The van der Waals surface area contributed by atoms with Crippen LogP contribution < -0.4 is 10.1 Å². The van der Waals surface area contributed by atoms with Gasteiger partial charge in [0.2, 0.25) is 0 Å². The van der Waals surface area contributed by atoms with Crippen LogP contribution in [0.5, 0.6) is 5.75 Å². The Morgan fingerprint density at radius 3 is 2.74 bits per heavy atom. The minimum Gasteiger partial charge on any atom is -0.495 e. The number of ether oxygens (including phenoxy) is 1. The van der Waals surface area contributed by atoms with Crippen LogP contribution in [0.1, 0.15) is 51.5 Å². The van der Waals surface area contributed by atoms with Gasteiger partial charge in [-0.1, -0.05) is 32.6 Å². The van der Waals surface area contributed by atoms with Crippen LogP contribution in [0.3, 0.4) is 0 Å². The highest BCUT2D eigenvalue weighted by atomic mass is 16.5. The lowest BCUT2D eigenvalue weighted by Crippen LogP contribution is -2.15. The quantitative estimate of drug-likeness (QED) is 0.707. The third-order valence-electron chi connectivity index (χ3n) is 3.22. The first kappa shape index (κ1) is 15.4. The van der Waals surface area contributed by atoms with Gasteiger partial charge in [0.05, 0.1) is 24.4 Å². The van der Waals surface area contributed by atoms with Gasteiger partial charge >= 0.3 is 0 Å². The molecule has 1 rings (SSSR count). The van der Waals surface area contributed by atoms with Crippen LogP contribution in [0, 0.1) is 11.3 Å². The SMILES string of the molecule is CCCCCCC(C)Nc1ccc(C#N)cc1OC. The van der Waals surface area contributed by atoms with E-state index in [-0.39, 0.29) is 0 Å². The van der Waals surface area contributed by atoms with E-state index in [9.17, 15) is 0 Å². The van der Waals surface area contributed by atoms with E-state index in [1.165, 1.54) is 25.7 Å². The molecule has 19 heavy (non-hydrogen) atoms. The van der Waals surface area contributed by atoms with Crippen molar-refractivity contribution in [1.29, 1.82) is 5.26 Å². The van der Waals surface area contributed by atoms with Crippen molar-refractivity contribution in [3.63, 3.8) is 0 Å². The van der Waals surface area contributed by atoms with E-state index in [1.54, 1.807) is 13.2 Å². The smallest absolute Gasteiger partial charge is 0.143 e. The highest BCUT2D eigenvalue weighted by molar-refractivity contribution is 5.59. The van der Waals surface area contributed by atoms with Gasteiger partial charge in [0.25, 0.3) is 0 Å². The molecule has 0 heterocycles. The van der Waals surface area contributed by atoms with Crippen LogP contribution in [0.4, 0.5) is 5.69 Å². The summed E-state index contributed by atoms with van der Waals surface area (Å²) in [6.07, 6.45) is 6.29. The van der Waals surface area contributed by atoms with E-state index in [2.05, 4.69) is 25.2 Å². The van der Waals surface area contributed by atoms with Crippen LogP contribution in [-0.2, 0) is 0 Å². The summed E-state index contributed by atoms with van der Waals surface area (Å²) in [4.78, 5) is 0. The fraction of sp³-hybridized carbons (Fsp3) is 0.562. The van der Waals surface area contributed by atoms with Gasteiger partial charge in [-0.2, -0.15) is 5.26 Å². The maximum Gasteiger partial charge on any atom is 0.143 e. The van der Waals surface area contributed by atoms with Gasteiger partial charge in [-0.3, -0.25) is 0 Å². The summed E-state index contributed by atoms with van der Waals surface area (Å²) >= 11 is 0. The van der Waals surface area contributed by atoms with Gasteiger partial charge in [-0.25, -0.2) is 0 Å². The number of hydrogen-bond acceptors (Lipinski definition) is 3. The lowest BCUT2D eigenvalue weighted by molar-refractivity contribution is 0.415. The molecular formula is C16H24N2O. The molecule has 1 aromatic rings. The molecule has 0 aliphatic carbocycles. The van der Waals surface area contributed by atoms with Gasteiger partial charge in [0.15, 0.2) is 0 Å². The average Bonchev–Trinajstić information content (AvgIpc) is 2.44. The van der Waals surface area contributed by atoms with E-state index >= 15 is 0 Å². The Labute approximate surface area is 116 Å². The summed E-state index contributed by atoms with van der Waals surface area (Å²) in [7, 11) is 1.63. The van der Waals surface area contributed by atoms with E-state index in [0.717, 1.165) is 17.9 Å². The van der Waals surface area contributed by atoms with Crippen molar-refractivity contribution in [1.82, 2.24) is 0 Å². The molecule has 0 bridgehead atoms. The molecule has 0 amide bonds. The fourth-order valence-electron chi connectivity index (χ4n) is 2.09. The summed E-state index contributed by atoms with van der Waals surface area (Å²) in [5, 5.41) is 12.3. The first-order valence-electron chi connectivity index (χ1n) is 7.06. The predicted octanol–water partition coefficient (Wildman–Crippen LogP) is 4.34. The zero-order valence-electron chi connectivity index (χ0n) is 12.2. The maximum absolute atomic E-state index is 8.87. The Kier molecular flexibility index (Phi) is 6.81. The highest BCUT2D eigenvalue weighted by Gasteiger charge is 2.07. The number of nitrogens with one attached hydrogen (secondary N) is 1. The third-order valence-corrected chi connectivity index (χ3v) is 3.22. The number of benzene rings is 1. The molecule has 0 aliphatic rings. The lowest BCUT2D eigenvalue weighted by atomic mass is 10.1. The molecule has 3 nitrogen and oxygen atoms in total. The molecule has 1 aromatic carbocycles. The molecule has 3 heteroatoms. The topological polar surface area (TPSA) is 45.0 Å². The molecule has 0 fully saturated rings. The Morgan fingerprint density at radius 2 is 2.11 bits per heavy atom. The van der Waals surface area contributed by atoms with Crippen molar-refractivity contribution in [2.75, 3.05) is 12.4 Å².